The van der Waals surface area contributed by atoms with Crippen LogP contribution in [-0.2, 0) is 24.3 Å². The lowest BCUT2D eigenvalue weighted by molar-refractivity contribution is -0.138. The Bertz CT molecular complexity index is 1250. The smallest absolute Gasteiger partial charge is 0.338 e. The van der Waals surface area contributed by atoms with Crippen molar-refractivity contribution in [3.05, 3.63) is 83.6 Å². The lowest BCUT2D eigenvalue weighted by Crippen LogP contribution is -2.11. The molecule has 0 saturated heterocycles. The SMILES string of the molecule is CCOC(=O)C(=C\C=O)/C=C/c1cn(S(=O)(=O)c2ccc(C)cc2)c2ccccc12. The van der Waals surface area contributed by atoms with Crippen molar-refractivity contribution in [2.45, 2.75) is 18.7 Å². The third kappa shape index (κ3) is 4.26. The number of carbonyl (C=O) groups excluding carboxylic acids is 2. The van der Waals surface area contributed by atoms with E-state index in [1.807, 2.05) is 6.92 Å². The molecule has 7 heteroatoms. The summed E-state index contributed by atoms with van der Waals surface area (Å²) in [5.74, 6) is -0.628. The molecule has 6 nitrogen and oxygen atoms in total. The molecule has 0 aliphatic heterocycles. The molecule has 154 valence electrons. The lowest BCUT2D eigenvalue weighted by Gasteiger charge is -2.07. The van der Waals surface area contributed by atoms with Gasteiger partial charge in [-0.25, -0.2) is 17.2 Å². The van der Waals surface area contributed by atoms with Gasteiger partial charge in [-0.05, 0) is 44.2 Å². The Morgan fingerprint density at radius 3 is 2.47 bits per heavy atom. The highest BCUT2D eigenvalue weighted by Gasteiger charge is 2.20. The molecule has 1 heterocycles. The van der Waals surface area contributed by atoms with Gasteiger partial charge in [-0.2, -0.15) is 0 Å². The molecule has 0 aliphatic rings. The number of rotatable bonds is 7. The first-order valence-electron chi connectivity index (χ1n) is 9.31. The van der Waals surface area contributed by atoms with Crippen LogP contribution in [0.5, 0.6) is 0 Å². The van der Waals surface area contributed by atoms with Gasteiger partial charge in [0.05, 0.1) is 22.6 Å². The van der Waals surface area contributed by atoms with Gasteiger partial charge in [-0.1, -0.05) is 42.0 Å². The fourth-order valence-corrected chi connectivity index (χ4v) is 4.37. The highest BCUT2D eigenvalue weighted by molar-refractivity contribution is 7.90. The topological polar surface area (TPSA) is 82.4 Å². The monoisotopic (exact) mass is 423 g/mol. The van der Waals surface area contributed by atoms with Crippen molar-refractivity contribution >= 4 is 39.3 Å². The molecule has 0 unspecified atom stereocenters. The van der Waals surface area contributed by atoms with Gasteiger partial charge in [0, 0.05) is 17.1 Å². The number of nitrogens with zero attached hydrogens (tertiary/aromatic N) is 1. The summed E-state index contributed by atoms with van der Waals surface area (Å²) in [7, 11) is -3.81. The van der Waals surface area contributed by atoms with Crippen molar-refractivity contribution in [2.75, 3.05) is 6.61 Å². The Morgan fingerprint density at radius 1 is 1.10 bits per heavy atom. The quantitative estimate of drug-likeness (QED) is 0.249. The summed E-state index contributed by atoms with van der Waals surface area (Å²) in [5, 5.41) is 0.693. The zero-order valence-electron chi connectivity index (χ0n) is 16.6. The number of hydrogen-bond acceptors (Lipinski definition) is 5. The second-order valence-electron chi connectivity index (χ2n) is 6.53. The summed E-state index contributed by atoms with van der Waals surface area (Å²) in [6.45, 7) is 3.74. The number of hydrogen-bond donors (Lipinski definition) is 0. The van der Waals surface area contributed by atoms with E-state index in [1.54, 1.807) is 61.5 Å². The zero-order chi connectivity index (χ0) is 21.7. The van der Waals surface area contributed by atoms with Crippen LogP contribution in [0.3, 0.4) is 0 Å². The van der Waals surface area contributed by atoms with Crippen LogP contribution in [0.4, 0.5) is 0 Å². The second kappa shape index (κ2) is 8.92. The van der Waals surface area contributed by atoms with E-state index in [-0.39, 0.29) is 17.1 Å². The van der Waals surface area contributed by atoms with Gasteiger partial charge in [-0.15, -0.1) is 0 Å². The molecule has 2 aromatic carbocycles. The molecule has 30 heavy (non-hydrogen) atoms. The normalized spacial score (nSPS) is 12.4. The van der Waals surface area contributed by atoms with Gasteiger partial charge >= 0.3 is 5.97 Å². The van der Waals surface area contributed by atoms with Crippen molar-refractivity contribution in [2.24, 2.45) is 0 Å². The largest absolute Gasteiger partial charge is 0.462 e. The standard InChI is InChI=1S/C23H21NO5S/c1-3-29-23(26)18(14-15-25)10-11-19-16-24(22-7-5-4-6-21(19)22)30(27,28)20-12-8-17(2)9-13-20/h4-16H,3H2,1-2H3/b11-10+,18-14-. The highest BCUT2D eigenvalue weighted by atomic mass is 32.2. The third-order valence-electron chi connectivity index (χ3n) is 4.49. The number of para-hydroxylation sites is 1. The minimum atomic E-state index is -3.81. The maximum absolute atomic E-state index is 13.2. The van der Waals surface area contributed by atoms with E-state index in [9.17, 15) is 18.0 Å². The molecular formula is C23H21NO5S. The molecule has 3 rings (SSSR count). The maximum Gasteiger partial charge on any atom is 0.338 e. The Balaban J connectivity index is 2.11. The molecule has 3 aromatic rings. The Labute approximate surface area is 175 Å². The number of aldehydes is 1. The van der Waals surface area contributed by atoms with E-state index in [2.05, 4.69) is 0 Å². The first kappa shape index (κ1) is 21.3. The number of carbonyl (C=O) groups is 2. The average Bonchev–Trinajstić information content (AvgIpc) is 3.11. The number of ether oxygens (including phenoxy) is 1. The van der Waals surface area contributed by atoms with Gasteiger partial charge in [0.1, 0.15) is 6.29 Å². The fourth-order valence-electron chi connectivity index (χ4n) is 2.99. The van der Waals surface area contributed by atoms with Crippen molar-refractivity contribution in [1.82, 2.24) is 3.97 Å². The summed E-state index contributed by atoms with van der Waals surface area (Å²) in [4.78, 5) is 23.0. The summed E-state index contributed by atoms with van der Waals surface area (Å²) in [6.07, 6.45) is 6.14. The van der Waals surface area contributed by atoms with E-state index in [0.717, 1.165) is 11.6 Å². The van der Waals surface area contributed by atoms with Crippen molar-refractivity contribution in [3.8, 4) is 0 Å². The van der Waals surface area contributed by atoms with Crippen LogP contribution in [0.25, 0.3) is 17.0 Å². The minimum absolute atomic E-state index is 0.0741. The van der Waals surface area contributed by atoms with Gasteiger partial charge in [0.25, 0.3) is 10.0 Å². The van der Waals surface area contributed by atoms with Crippen LogP contribution in [0.2, 0.25) is 0 Å². The van der Waals surface area contributed by atoms with E-state index in [4.69, 9.17) is 4.74 Å². The van der Waals surface area contributed by atoms with Crippen LogP contribution in [-0.4, -0.2) is 31.3 Å². The molecule has 0 amide bonds. The van der Waals surface area contributed by atoms with E-state index in [1.165, 1.54) is 16.2 Å². The van der Waals surface area contributed by atoms with Crippen molar-refractivity contribution < 1.29 is 22.7 Å². The maximum atomic E-state index is 13.2. The number of aryl methyl sites for hydroxylation is 1. The number of esters is 1. The predicted molar refractivity (Wildman–Crippen MR) is 116 cm³/mol. The van der Waals surface area contributed by atoms with Crippen LogP contribution in [0.15, 0.2) is 77.3 Å². The lowest BCUT2D eigenvalue weighted by atomic mass is 10.1. The number of fused-ring (bicyclic) bond motifs is 1. The molecule has 0 fully saturated rings. The molecule has 0 atom stereocenters. The number of allylic oxidation sites excluding steroid dienone is 1. The number of aromatic nitrogens is 1. The van der Waals surface area contributed by atoms with E-state index in [0.29, 0.717) is 22.8 Å². The molecule has 0 aliphatic carbocycles. The van der Waals surface area contributed by atoms with Crippen molar-refractivity contribution in [3.63, 3.8) is 0 Å². The number of benzene rings is 2. The molecule has 0 radical (unpaired) electrons. The molecule has 1 aromatic heterocycles. The Morgan fingerprint density at radius 2 is 1.80 bits per heavy atom. The van der Waals surface area contributed by atoms with Crippen LogP contribution < -0.4 is 0 Å². The van der Waals surface area contributed by atoms with E-state index >= 15 is 0 Å². The van der Waals surface area contributed by atoms with Gasteiger partial charge in [0.15, 0.2) is 0 Å². The molecular weight excluding hydrogens is 402 g/mol. The molecule has 0 spiro atoms. The summed E-state index contributed by atoms with van der Waals surface area (Å²) in [6, 6.07) is 13.7. The van der Waals surface area contributed by atoms with Crippen LogP contribution in [0.1, 0.15) is 18.1 Å². The van der Waals surface area contributed by atoms with Gasteiger partial charge < -0.3 is 4.74 Å². The fraction of sp³-hybridized carbons (Fsp3) is 0.130. The predicted octanol–water partition coefficient (Wildman–Crippen LogP) is 3.89. The third-order valence-corrected chi connectivity index (χ3v) is 6.18. The second-order valence-corrected chi connectivity index (χ2v) is 8.34. The van der Waals surface area contributed by atoms with Crippen LogP contribution in [0, 0.1) is 6.92 Å². The summed E-state index contributed by atoms with van der Waals surface area (Å²) in [5.41, 5.74) is 2.13. The molecule has 0 bridgehead atoms. The van der Waals surface area contributed by atoms with E-state index < -0.39 is 16.0 Å². The average molecular weight is 423 g/mol. The first-order chi connectivity index (χ1) is 14.4. The Hall–Kier alpha value is -3.45. The summed E-state index contributed by atoms with van der Waals surface area (Å²) >= 11 is 0. The van der Waals surface area contributed by atoms with Gasteiger partial charge in [0.2, 0.25) is 0 Å². The summed E-state index contributed by atoms with van der Waals surface area (Å²) < 4.78 is 32.6. The minimum Gasteiger partial charge on any atom is -0.462 e. The Kier molecular flexibility index (Phi) is 6.32. The van der Waals surface area contributed by atoms with Crippen molar-refractivity contribution in [1.29, 1.82) is 0 Å². The first-order valence-corrected chi connectivity index (χ1v) is 10.8. The highest BCUT2D eigenvalue weighted by Crippen LogP contribution is 2.27. The van der Waals surface area contributed by atoms with Gasteiger partial charge in [-0.3, -0.25) is 4.79 Å². The molecule has 0 N–H and O–H groups in total. The van der Waals surface area contributed by atoms with Crippen LogP contribution >= 0.6 is 0 Å². The molecule has 0 saturated carbocycles. The zero-order valence-corrected chi connectivity index (χ0v) is 17.4.